The molecule has 0 bridgehead atoms. The van der Waals surface area contributed by atoms with Crippen molar-refractivity contribution in [2.24, 2.45) is 0 Å². The molecule has 2 saturated heterocycles. The third-order valence-electron chi connectivity index (χ3n) is 9.39. The fourth-order valence-corrected chi connectivity index (χ4v) is 8.39. The Morgan fingerprint density at radius 3 is 2.95 bits per heavy atom. The van der Waals surface area contributed by atoms with E-state index in [0.29, 0.717) is 44.0 Å². The van der Waals surface area contributed by atoms with Crippen LogP contribution in [0.25, 0.3) is 10.1 Å². The maximum Gasteiger partial charge on any atom is 0.282 e. The molecule has 1 aromatic carbocycles. The van der Waals surface area contributed by atoms with E-state index < -0.39 is 17.8 Å². The maximum atomic E-state index is 14.0. The summed E-state index contributed by atoms with van der Waals surface area (Å²) in [5, 5.41) is 10.7. The van der Waals surface area contributed by atoms with Gasteiger partial charge in [-0.2, -0.15) is 5.26 Å². The van der Waals surface area contributed by atoms with Crippen LogP contribution < -0.4 is 19.3 Å². The van der Waals surface area contributed by atoms with Crippen LogP contribution in [-0.2, 0) is 17.8 Å². The number of carbonyl (C=O) groups is 1. The Hall–Kier alpha value is -3.59. The van der Waals surface area contributed by atoms with Crippen LogP contribution in [0.1, 0.15) is 30.5 Å². The number of amides is 1. The first kappa shape index (κ1) is 29.1. The molecule has 1 unspecified atom stereocenters. The second-order valence-electron chi connectivity index (χ2n) is 12.0. The molecule has 2 aromatic heterocycles. The van der Waals surface area contributed by atoms with Crippen LogP contribution in [0.4, 0.5) is 15.8 Å². The van der Waals surface area contributed by atoms with Crippen molar-refractivity contribution in [2.75, 3.05) is 56.2 Å². The Morgan fingerprint density at radius 2 is 2.18 bits per heavy atom. The largest absolute Gasteiger partial charge is 0.484 e. The zero-order valence-electron chi connectivity index (χ0n) is 24.6. The molecule has 12 heteroatoms. The lowest BCUT2D eigenvalue weighted by molar-refractivity contribution is -0.132. The summed E-state index contributed by atoms with van der Waals surface area (Å²) >= 11 is 7.98. The predicted octanol–water partition coefficient (Wildman–Crippen LogP) is 5.16. The van der Waals surface area contributed by atoms with Gasteiger partial charge in [-0.1, -0.05) is 30.3 Å². The number of anilines is 2. The van der Waals surface area contributed by atoms with Gasteiger partial charge in [-0.15, -0.1) is 11.3 Å². The van der Waals surface area contributed by atoms with Gasteiger partial charge < -0.3 is 29.1 Å². The van der Waals surface area contributed by atoms with E-state index >= 15 is 0 Å². The quantitative estimate of drug-likeness (QED) is 0.343. The van der Waals surface area contributed by atoms with Gasteiger partial charge in [0.15, 0.2) is 5.83 Å². The molecule has 6 heterocycles. The Bertz CT molecular complexity index is 1680. The lowest BCUT2D eigenvalue weighted by Crippen LogP contribution is -2.63. The lowest BCUT2D eigenvalue weighted by atomic mass is 9.95. The second-order valence-corrected chi connectivity index (χ2v) is 13.7. The highest BCUT2D eigenvalue weighted by molar-refractivity contribution is 7.23. The first-order valence-corrected chi connectivity index (χ1v) is 16.3. The molecule has 3 atom stereocenters. The standard InChI is InChI=1S/C32H34ClFN6O3S/c1-19(34)32(41)40-15-23-18-42-29-28(39(23)14-21(40)8-10-35)24-9-12-38(26-7-3-5-20-13-27(33)44-30(20)26)16-25(24)36-31(29)43-17-22-6-4-11-37(22)2/h3,5,7,13,21-23H,1,4,6,8-9,11-12,14-18H2,2H3/t21-,22-,23?/m0/s1. The summed E-state index contributed by atoms with van der Waals surface area (Å²) in [6.45, 7) is 7.05. The van der Waals surface area contributed by atoms with E-state index in [1.165, 1.54) is 4.90 Å². The minimum absolute atomic E-state index is 0.0875. The van der Waals surface area contributed by atoms with E-state index in [0.717, 1.165) is 69.4 Å². The summed E-state index contributed by atoms with van der Waals surface area (Å²) in [7, 11) is 2.12. The van der Waals surface area contributed by atoms with Crippen molar-refractivity contribution in [3.63, 3.8) is 0 Å². The highest BCUT2D eigenvalue weighted by atomic mass is 35.5. The van der Waals surface area contributed by atoms with Crippen LogP contribution in [0, 0.1) is 11.3 Å². The maximum absolute atomic E-state index is 14.0. The minimum atomic E-state index is -1.02. The van der Waals surface area contributed by atoms with Gasteiger partial charge in [-0.25, -0.2) is 9.37 Å². The number of rotatable bonds is 6. The van der Waals surface area contributed by atoms with Gasteiger partial charge in [0.25, 0.3) is 11.8 Å². The highest BCUT2D eigenvalue weighted by Gasteiger charge is 2.44. The third kappa shape index (κ3) is 5.13. The van der Waals surface area contributed by atoms with Gasteiger partial charge >= 0.3 is 0 Å². The number of likely N-dealkylation sites (N-methyl/N-ethyl adjacent to an activating group) is 1. The molecule has 9 nitrogen and oxygen atoms in total. The molecule has 3 aromatic rings. The number of benzene rings is 1. The van der Waals surface area contributed by atoms with Crippen LogP contribution in [-0.4, -0.2) is 85.3 Å². The van der Waals surface area contributed by atoms with Crippen molar-refractivity contribution < 1.29 is 18.7 Å². The Kier molecular flexibility index (Phi) is 7.77. The number of ether oxygens (including phenoxy) is 2. The summed E-state index contributed by atoms with van der Waals surface area (Å²) in [5.74, 6) is -0.693. The molecular weight excluding hydrogens is 603 g/mol. The molecule has 230 valence electrons. The Labute approximate surface area is 265 Å². The number of piperazine rings is 1. The molecular formula is C32H34ClFN6O3S. The van der Waals surface area contributed by atoms with Crippen LogP contribution in [0.2, 0.25) is 4.34 Å². The van der Waals surface area contributed by atoms with Gasteiger partial charge in [0.2, 0.25) is 5.75 Å². The van der Waals surface area contributed by atoms with Crippen LogP contribution in [0.15, 0.2) is 36.7 Å². The number of aromatic nitrogens is 1. The van der Waals surface area contributed by atoms with Gasteiger partial charge in [-0.3, -0.25) is 4.79 Å². The van der Waals surface area contributed by atoms with Crippen molar-refractivity contribution in [3.8, 4) is 17.7 Å². The van der Waals surface area contributed by atoms with Crippen LogP contribution in [0.5, 0.6) is 11.6 Å². The smallest absolute Gasteiger partial charge is 0.282 e. The normalized spacial score (nSPS) is 23.0. The lowest BCUT2D eigenvalue weighted by Gasteiger charge is -2.50. The number of hydrogen-bond donors (Lipinski definition) is 0. The Balaban J connectivity index is 1.27. The number of carbonyl (C=O) groups excluding carboxylic acids is 1. The predicted molar refractivity (Wildman–Crippen MR) is 170 cm³/mol. The van der Waals surface area contributed by atoms with E-state index in [2.05, 4.69) is 52.6 Å². The molecule has 1 amide bonds. The van der Waals surface area contributed by atoms with Crippen molar-refractivity contribution in [2.45, 2.75) is 50.4 Å². The SMILES string of the molecule is C=C(F)C(=O)N1CC2COc3c(OC[C@@H]4CCCN4C)nc4c(c3N2C[C@@H]1CC#N)CCN(c1cccc2cc(Cl)sc12)C4. The first-order valence-electron chi connectivity index (χ1n) is 15.1. The highest BCUT2D eigenvalue weighted by Crippen LogP contribution is 2.48. The number of thiophene rings is 1. The number of nitrogens with zero attached hydrogens (tertiary/aromatic N) is 6. The molecule has 0 saturated carbocycles. The zero-order valence-corrected chi connectivity index (χ0v) is 26.2. The van der Waals surface area contributed by atoms with E-state index in [4.69, 9.17) is 26.1 Å². The number of fused-ring (bicyclic) bond motifs is 6. The minimum Gasteiger partial charge on any atom is -0.484 e. The monoisotopic (exact) mass is 636 g/mol. The van der Waals surface area contributed by atoms with Crippen molar-refractivity contribution >= 4 is 50.3 Å². The van der Waals surface area contributed by atoms with Crippen molar-refractivity contribution in [1.82, 2.24) is 14.8 Å². The van der Waals surface area contributed by atoms with Crippen molar-refractivity contribution in [1.29, 1.82) is 5.26 Å². The van der Waals surface area contributed by atoms with E-state index in [-0.39, 0.29) is 19.0 Å². The first-order chi connectivity index (χ1) is 21.3. The second kappa shape index (κ2) is 11.7. The molecule has 0 aliphatic carbocycles. The fourth-order valence-electron chi connectivity index (χ4n) is 7.11. The van der Waals surface area contributed by atoms with Gasteiger partial charge in [0.1, 0.15) is 13.2 Å². The van der Waals surface area contributed by atoms with Crippen molar-refractivity contribution in [3.05, 3.63) is 52.3 Å². The Morgan fingerprint density at radius 1 is 1.32 bits per heavy atom. The van der Waals surface area contributed by atoms with E-state index in [1.54, 1.807) is 11.3 Å². The topological polar surface area (TPSA) is 85.2 Å². The third-order valence-corrected chi connectivity index (χ3v) is 10.7. The number of likely N-dealkylation sites (tertiary alicyclic amines) is 1. The molecule has 4 aliphatic rings. The summed E-state index contributed by atoms with van der Waals surface area (Å²) in [6.07, 6.45) is 3.02. The number of nitriles is 1. The number of pyridine rings is 1. The summed E-state index contributed by atoms with van der Waals surface area (Å²) in [6, 6.07) is 10.1. The molecule has 44 heavy (non-hydrogen) atoms. The van der Waals surface area contributed by atoms with Crippen LogP contribution in [0.3, 0.4) is 0 Å². The molecule has 2 fully saturated rings. The molecule has 0 radical (unpaired) electrons. The average Bonchev–Trinajstić information content (AvgIpc) is 3.62. The zero-order chi connectivity index (χ0) is 30.5. The summed E-state index contributed by atoms with van der Waals surface area (Å²) in [5.41, 5.74) is 4.06. The van der Waals surface area contributed by atoms with Gasteiger partial charge in [0, 0.05) is 31.2 Å². The van der Waals surface area contributed by atoms with E-state index in [9.17, 15) is 14.4 Å². The number of hydrogen-bond acceptors (Lipinski definition) is 9. The number of halogens is 2. The molecule has 4 aliphatic heterocycles. The molecule has 7 rings (SSSR count). The summed E-state index contributed by atoms with van der Waals surface area (Å²) < 4.78 is 28.8. The van der Waals surface area contributed by atoms with Gasteiger partial charge in [-0.05, 0) is 50.4 Å². The molecule has 0 N–H and O–H groups in total. The van der Waals surface area contributed by atoms with E-state index in [1.807, 2.05) is 6.07 Å². The average molecular weight is 637 g/mol. The fraction of sp³-hybridized carbons (Fsp3) is 0.469. The van der Waals surface area contributed by atoms with Gasteiger partial charge in [0.05, 0.1) is 57.2 Å². The molecule has 0 spiro atoms. The summed E-state index contributed by atoms with van der Waals surface area (Å²) in [4.78, 5) is 26.2. The van der Waals surface area contributed by atoms with Crippen LogP contribution >= 0.6 is 22.9 Å².